The van der Waals surface area contributed by atoms with Gasteiger partial charge in [-0.3, -0.25) is 9.59 Å². The Kier molecular flexibility index (Phi) is 6.49. The highest BCUT2D eigenvalue weighted by atomic mass is 16.5. The van der Waals surface area contributed by atoms with E-state index < -0.39 is 24.4 Å². The number of aliphatic imine (C=N–C) groups is 1. The largest absolute Gasteiger partial charge is 0.504 e. The van der Waals surface area contributed by atoms with E-state index in [4.69, 9.17) is 4.74 Å². The molecule has 0 aromatic heterocycles. The monoisotopic (exact) mass is 421 g/mol. The van der Waals surface area contributed by atoms with Crippen LogP contribution in [0.25, 0.3) is 0 Å². The van der Waals surface area contributed by atoms with Gasteiger partial charge in [0.05, 0.1) is 7.11 Å². The molecule has 0 atom stereocenters. The van der Waals surface area contributed by atoms with Crippen LogP contribution >= 0.6 is 0 Å². The second-order valence-electron chi connectivity index (χ2n) is 7.13. The van der Waals surface area contributed by atoms with E-state index in [-0.39, 0.29) is 23.6 Å². The molecule has 0 aliphatic carbocycles. The average molecular weight is 421 g/mol. The smallest absolute Gasteiger partial charge is 0.351 e. The van der Waals surface area contributed by atoms with Gasteiger partial charge in [-0.2, -0.15) is 4.99 Å². The van der Waals surface area contributed by atoms with E-state index in [0.717, 1.165) is 10.5 Å². The van der Waals surface area contributed by atoms with Crippen LogP contribution < -0.4 is 10.1 Å². The molecule has 160 valence electrons. The van der Waals surface area contributed by atoms with Crippen molar-refractivity contribution in [3.63, 3.8) is 0 Å². The number of nitrogens with one attached hydrogen (secondary N) is 1. The zero-order chi connectivity index (χ0) is 22.5. The molecule has 2 aromatic carbocycles. The number of phenols is 1. The lowest BCUT2D eigenvalue weighted by Gasteiger charge is -2.14. The number of nitrogens with zero attached hydrogens (tertiary/aromatic N) is 2. The Hall–Kier alpha value is -3.94. The lowest BCUT2D eigenvalue weighted by atomic mass is 10.0. The van der Waals surface area contributed by atoms with Crippen molar-refractivity contribution in [2.75, 3.05) is 19.0 Å². The molecule has 0 saturated carbocycles. The van der Waals surface area contributed by atoms with Crippen molar-refractivity contribution in [3.05, 3.63) is 65.7 Å². The summed E-state index contributed by atoms with van der Waals surface area (Å²) in [6.45, 7) is 5.12. The van der Waals surface area contributed by atoms with Crippen molar-refractivity contribution >= 4 is 29.2 Å². The molecule has 4 amide bonds. The number of anilines is 1. The van der Waals surface area contributed by atoms with E-state index in [1.54, 1.807) is 36.4 Å². The molecule has 1 aliphatic rings. The maximum atomic E-state index is 12.7. The van der Waals surface area contributed by atoms with E-state index in [1.807, 2.05) is 13.0 Å². The fraction of sp³-hybridized carbons (Fsp3) is 0.217. The number of aryl methyl sites for hydroxylation is 1. The van der Waals surface area contributed by atoms with Gasteiger partial charge in [-0.15, -0.1) is 6.58 Å². The summed E-state index contributed by atoms with van der Waals surface area (Å²) in [5, 5.41) is 12.9. The predicted octanol–water partition coefficient (Wildman–Crippen LogP) is 3.02. The van der Waals surface area contributed by atoms with Gasteiger partial charge in [0.1, 0.15) is 12.3 Å². The van der Waals surface area contributed by atoms with Gasteiger partial charge in [0.25, 0.3) is 5.91 Å². The van der Waals surface area contributed by atoms with Gasteiger partial charge in [0, 0.05) is 17.7 Å². The number of carbonyl (C=O) groups excluding carboxylic acids is 3. The summed E-state index contributed by atoms with van der Waals surface area (Å²) in [5.41, 5.74) is 2.78. The summed E-state index contributed by atoms with van der Waals surface area (Å²) in [7, 11) is 1.42. The molecule has 1 heterocycles. The lowest BCUT2D eigenvalue weighted by molar-refractivity contribution is -0.125. The van der Waals surface area contributed by atoms with Gasteiger partial charge in [-0.25, -0.2) is 9.69 Å². The minimum atomic E-state index is -0.781. The topological polar surface area (TPSA) is 108 Å². The van der Waals surface area contributed by atoms with E-state index in [2.05, 4.69) is 16.9 Å². The summed E-state index contributed by atoms with van der Waals surface area (Å²) >= 11 is 0. The van der Waals surface area contributed by atoms with Crippen molar-refractivity contribution in [3.8, 4) is 11.5 Å². The van der Waals surface area contributed by atoms with Crippen LogP contribution in [-0.2, 0) is 22.4 Å². The van der Waals surface area contributed by atoms with Crippen LogP contribution in [0.2, 0.25) is 0 Å². The van der Waals surface area contributed by atoms with Crippen molar-refractivity contribution < 1.29 is 24.2 Å². The van der Waals surface area contributed by atoms with Gasteiger partial charge in [0.2, 0.25) is 5.91 Å². The van der Waals surface area contributed by atoms with Gasteiger partial charge in [-0.05, 0) is 42.7 Å². The Bertz CT molecular complexity index is 1090. The van der Waals surface area contributed by atoms with E-state index in [0.29, 0.717) is 23.2 Å². The third-order valence-corrected chi connectivity index (χ3v) is 4.73. The summed E-state index contributed by atoms with van der Waals surface area (Å²) in [6, 6.07) is 9.69. The fourth-order valence-corrected chi connectivity index (χ4v) is 3.28. The minimum absolute atomic E-state index is 0.00337. The number of carbonyl (C=O) groups is 3. The number of hydrogen-bond donors (Lipinski definition) is 2. The number of imide groups is 1. The number of allylic oxidation sites excluding steroid dienone is 1. The summed E-state index contributed by atoms with van der Waals surface area (Å²) in [4.78, 5) is 41.9. The number of phenolic OH excluding ortho intramolecular Hbond substituents is 1. The second kappa shape index (κ2) is 9.25. The van der Waals surface area contributed by atoms with Crippen LogP contribution in [0.1, 0.15) is 16.7 Å². The first-order valence-corrected chi connectivity index (χ1v) is 9.62. The van der Waals surface area contributed by atoms with Gasteiger partial charge < -0.3 is 15.2 Å². The molecule has 2 aromatic rings. The molecule has 0 bridgehead atoms. The number of benzene rings is 2. The number of methoxy groups -OCH3 is 1. The molecule has 0 saturated heterocycles. The SMILES string of the molecule is C=CCc1cc(CC2=NC(=O)N(CC(=O)Nc3cccc(C)c3)C2=O)cc(OC)c1O. The van der Waals surface area contributed by atoms with Crippen LogP contribution in [0.15, 0.2) is 54.0 Å². The molecular weight excluding hydrogens is 398 g/mol. The molecular formula is C23H23N3O5. The Balaban J connectivity index is 1.71. The van der Waals surface area contributed by atoms with Gasteiger partial charge >= 0.3 is 6.03 Å². The average Bonchev–Trinajstić information content (AvgIpc) is 2.97. The molecule has 8 nitrogen and oxygen atoms in total. The summed E-state index contributed by atoms with van der Waals surface area (Å²) in [6.07, 6.45) is 2.09. The molecule has 0 spiro atoms. The highest BCUT2D eigenvalue weighted by Gasteiger charge is 2.34. The van der Waals surface area contributed by atoms with Crippen LogP contribution in [0, 0.1) is 6.92 Å². The zero-order valence-electron chi connectivity index (χ0n) is 17.3. The number of urea groups is 1. The predicted molar refractivity (Wildman–Crippen MR) is 117 cm³/mol. The number of amides is 4. The van der Waals surface area contributed by atoms with Crippen LogP contribution in [-0.4, -0.2) is 47.2 Å². The Morgan fingerprint density at radius 1 is 1.29 bits per heavy atom. The molecule has 31 heavy (non-hydrogen) atoms. The van der Waals surface area contributed by atoms with Gasteiger partial charge in [0.15, 0.2) is 11.5 Å². The number of aromatic hydroxyl groups is 1. The van der Waals surface area contributed by atoms with Crippen LogP contribution in [0.4, 0.5) is 10.5 Å². The number of ether oxygens (including phenoxy) is 1. The second-order valence-corrected chi connectivity index (χ2v) is 7.13. The molecule has 0 radical (unpaired) electrons. The van der Waals surface area contributed by atoms with Crippen molar-refractivity contribution in [1.82, 2.24) is 4.90 Å². The first-order chi connectivity index (χ1) is 14.8. The first kappa shape index (κ1) is 21.8. The van der Waals surface area contributed by atoms with Crippen molar-refractivity contribution in [2.45, 2.75) is 19.8 Å². The summed E-state index contributed by atoms with van der Waals surface area (Å²) < 4.78 is 5.18. The minimum Gasteiger partial charge on any atom is -0.504 e. The standard InChI is InChI=1S/C23H23N3O5/c1-4-6-16-10-15(12-19(31-3)21(16)28)11-18-22(29)26(23(30)25-18)13-20(27)24-17-8-5-7-14(2)9-17/h4-5,7-10,12,28H,1,6,11,13H2,2-3H3,(H,24,27). The van der Waals surface area contributed by atoms with E-state index in [9.17, 15) is 19.5 Å². The molecule has 3 rings (SSSR count). The highest BCUT2D eigenvalue weighted by molar-refractivity contribution is 6.46. The molecule has 0 fully saturated rings. The van der Waals surface area contributed by atoms with E-state index in [1.165, 1.54) is 7.11 Å². The highest BCUT2D eigenvalue weighted by Crippen LogP contribution is 2.32. The third kappa shape index (κ3) is 4.98. The quantitative estimate of drug-likeness (QED) is 0.637. The normalized spacial score (nSPS) is 13.2. The van der Waals surface area contributed by atoms with Gasteiger partial charge in [-0.1, -0.05) is 24.3 Å². The fourth-order valence-electron chi connectivity index (χ4n) is 3.28. The molecule has 0 unspecified atom stereocenters. The maximum absolute atomic E-state index is 12.7. The Morgan fingerprint density at radius 2 is 2.06 bits per heavy atom. The number of rotatable bonds is 8. The van der Waals surface area contributed by atoms with Crippen molar-refractivity contribution in [1.29, 1.82) is 0 Å². The Morgan fingerprint density at radius 3 is 2.74 bits per heavy atom. The lowest BCUT2D eigenvalue weighted by Crippen LogP contribution is -2.39. The molecule has 1 aliphatic heterocycles. The van der Waals surface area contributed by atoms with E-state index >= 15 is 0 Å². The zero-order valence-corrected chi connectivity index (χ0v) is 17.3. The number of hydrogen-bond acceptors (Lipinski definition) is 5. The maximum Gasteiger partial charge on any atom is 0.351 e. The molecule has 2 N–H and O–H groups in total. The van der Waals surface area contributed by atoms with Crippen LogP contribution in [0.3, 0.4) is 0 Å². The van der Waals surface area contributed by atoms with Crippen LogP contribution in [0.5, 0.6) is 11.5 Å². The molecule has 8 heteroatoms. The Labute approximate surface area is 179 Å². The summed E-state index contributed by atoms with van der Waals surface area (Å²) in [5.74, 6) is -0.873. The van der Waals surface area contributed by atoms with Crippen molar-refractivity contribution in [2.24, 2.45) is 4.99 Å². The third-order valence-electron chi connectivity index (χ3n) is 4.73. The first-order valence-electron chi connectivity index (χ1n) is 9.62.